The van der Waals surface area contributed by atoms with Gasteiger partial charge in [-0.3, -0.25) is 4.79 Å². The largest absolute Gasteiger partial charge is 0.480 e. The van der Waals surface area contributed by atoms with Crippen LogP contribution in [0, 0.1) is 5.92 Å². The van der Waals surface area contributed by atoms with Crippen LogP contribution in [-0.2, 0) is 4.79 Å². The highest BCUT2D eigenvalue weighted by Crippen LogP contribution is 2.36. The van der Waals surface area contributed by atoms with Crippen molar-refractivity contribution in [3.05, 3.63) is 0 Å². The molecule has 0 aromatic carbocycles. The Bertz CT molecular complexity index is 181. The van der Waals surface area contributed by atoms with Crippen LogP contribution < -0.4 is 5.73 Å². The first kappa shape index (κ1) is 9.52. The van der Waals surface area contributed by atoms with E-state index < -0.39 is 11.5 Å². The molecule has 3 heteroatoms. The first-order valence-corrected chi connectivity index (χ1v) is 4.63. The van der Waals surface area contributed by atoms with Gasteiger partial charge in [0.25, 0.3) is 0 Å². The number of hydrogen-bond acceptors (Lipinski definition) is 2. The average molecular weight is 171 g/mol. The Morgan fingerprint density at radius 2 is 2.42 bits per heavy atom. The maximum absolute atomic E-state index is 10.9. The fraction of sp³-hybridized carbons (Fsp3) is 0.889. The van der Waals surface area contributed by atoms with Crippen LogP contribution in [0.4, 0.5) is 0 Å². The summed E-state index contributed by atoms with van der Waals surface area (Å²) in [6.07, 6.45) is 4.57. The van der Waals surface area contributed by atoms with Gasteiger partial charge in [-0.1, -0.05) is 19.8 Å². The molecule has 0 radical (unpaired) electrons. The van der Waals surface area contributed by atoms with E-state index in [1.807, 2.05) is 0 Å². The van der Waals surface area contributed by atoms with Crippen LogP contribution in [0.25, 0.3) is 0 Å². The topological polar surface area (TPSA) is 63.3 Å². The molecule has 0 bridgehead atoms. The van der Waals surface area contributed by atoms with Crippen molar-refractivity contribution < 1.29 is 9.90 Å². The van der Waals surface area contributed by atoms with Crippen molar-refractivity contribution in [1.29, 1.82) is 0 Å². The summed E-state index contributed by atoms with van der Waals surface area (Å²) < 4.78 is 0. The maximum atomic E-state index is 10.9. The van der Waals surface area contributed by atoms with Crippen molar-refractivity contribution in [1.82, 2.24) is 0 Å². The Balaban J connectivity index is 2.67. The quantitative estimate of drug-likeness (QED) is 0.674. The second-order valence-electron chi connectivity index (χ2n) is 3.72. The van der Waals surface area contributed by atoms with E-state index in [9.17, 15) is 4.79 Å². The van der Waals surface area contributed by atoms with Gasteiger partial charge in [0.15, 0.2) is 0 Å². The van der Waals surface area contributed by atoms with E-state index in [0.717, 1.165) is 25.7 Å². The lowest BCUT2D eigenvalue weighted by Crippen LogP contribution is -2.50. The van der Waals surface area contributed by atoms with E-state index in [2.05, 4.69) is 6.92 Å². The van der Waals surface area contributed by atoms with Crippen molar-refractivity contribution in [2.45, 2.75) is 44.6 Å². The molecule has 0 aromatic rings. The summed E-state index contributed by atoms with van der Waals surface area (Å²) in [5, 5.41) is 8.94. The number of rotatable bonds is 3. The molecular weight excluding hydrogens is 154 g/mol. The van der Waals surface area contributed by atoms with Gasteiger partial charge < -0.3 is 10.8 Å². The summed E-state index contributed by atoms with van der Waals surface area (Å²) in [5.74, 6) is -0.626. The molecule has 3 nitrogen and oxygen atoms in total. The van der Waals surface area contributed by atoms with Crippen LogP contribution in [-0.4, -0.2) is 16.6 Å². The molecule has 0 aliphatic heterocycles. The Kier molecular flexibility index (Phi) is 2.73. The minimum Gasteiger partial charge on any atom is -0.480 e. The van der Waals surface area contributed by atoms with Gasteiger partial charge in [0.1, 0.15) is 5.54 Å². The number of aliphatic carboxylic acids is 1. The van der Waals surface area contributed by atoms with Crippen molar-refractivity contribution in [2.24, 2.45) is 11.7 Å². The molecule has 1 saturated carbocycles. The van der Waals surface area contributed by atoms with Crippen LogP contribution in [0.15, 0.2) is 0 Å². The normalized spacial score (nSPS) is 35.3. The summed E-state index contributed by atoms with van der Waals surface area (Å²) in [4.78, 5) is 10.9. The Morgan fingerprint density at radius 1 is 1.75 bits per heavy atom. The predicted octanol–water partition coefficient (Wildman–Crippen LogP) is 1.37. The molecule has 1 rings (SSSR count). The third-order valence-electron chi connectivity index (χ3n) is 2.91. The van der Waals surface area contributed by atoms with Crippen molar-refractivity contribution in [3.8, 4) is 0 Å². The Labute approximate surface area is 72.9 Å². The molecule has 0 spiro atoms. The van der Waals surface area contributed by atoms with Gasteiger partial charge in [0, 0.05) is 0 Å². The van der Waals surface area contributed by atoms with Crippen molar-refractivity contribution in [3.63, 3.8) is 0 Å². The van der Waals surface area contributed by atoms with Crippen LogP contribution in [0.3, 0.4) is 0 Å². The number of nitrogens with two attached hydrogens (primary N) is 1. The molecular formula is C9H17NO2. The summed E-state index contributed by atoms with van der Waals surface area (Å²) >= 11 is 0. The third-order valence-corrected chi connectivity index (χ3v) is 2.91. The fourth-order valence-electron chi connectivity index (χ4n) is 2.13. The van der Waals surface area contributed by atoms with Gasteiger partial charge in [-0.2, -0.15) is 0 Å². The monoisotopic (exact) mass is 171 g/mol. The van der Waals surface area contributed by atoms with Crippen LogP contribution in [0.1, 0.15) is 39.0 Å². The standard InChI is InChI=1S/C9H17NO2/c1-2-4-7-5-3-6-9(7,10)8(11)12/h7H,2-6,10H2,1H3,(H,11,12). The molecule has 0 aromatic heterocycles. The Morgan fingerprint density at radius 3 is 2.92 bits per heavy atom. The molecule has 0 amide bonds. The first-order chi connectivity index (χ1) is 5.61. The smallest absolute Gasteiger partial charge is 0.323 e. The lowest BCUT2D eigenvalue weighted by Gasteiger charge is -2.26. The summed E-state index contributed by atoms with van der Waals surface area (Å²) in [5.41, 5.74) is 4.91. The summed E-state index contributed by atoms with van der Waals surface area (Å²) in [7, 11) is 0. The van der Waals surface area contributed by atoms with E-state index in [-0.39, 0.29) is 5.92 Å². The van der Waals surface area contributed by atoms with Gasteiger partial charge in [0.2, 0.25) is 0 Å². The second kappa shape index (κ2) is 3.44. The van der Waals surface area contributed by atoms with E-state index >= 15 is 0 Å². The second-order valence-corrected chi connectivity index (χ2v) is 3.72. The number of carbonyl (C=O) groups is 1. The van der Waals surface area contributed by atoms with E-state index in [1.54, 1.807) is 0 Å². The van der Waals surface area contributed by atoms with E-state index in [0.29, 0.717) is 6.42 Å². The van der Waals surface area contributed by atoms with Gasteiger partial charge in [0.05, 0.1) is 0 Å². The molecule has 2 unspecified atom stereocenters. The minimum absolute atomic E-state index is 0.194. The molecule has 0 saturated heterocycles. The first-order valence-electron chi connectivity index (χ1n) is 4.63. The highest BCUT2D eigenvalue weighted by Gasteiger charge is 2.45. The molecule has 3 N–H and O–H groups in total. The lowest BCUT2D eigenvalue weighted by atomic mass is 9.85. The van der Waals surface area contributed by atoms with Crippen molar-refractivity contribution >= 4 is 5.97 Å². The SMILES string of the molecule is CCCC1CCCC1(N)C(=O)O. The lowest BCUT2D eigenvalue weighted by molar-refractivity contribution is -0.144. The van der Waals surface area contributed by atoms with Crippen LogP contribution in [0.5, 0.6) is 0 Å². The number of hydrogen-bond donors (Lipinski definition) is 2. The zero-order chi connectivity index (χ0) is 9.19. The van der Waals surface area contributed by atoms with Gasteiger partial charge >= 0.3 is 5.97 Å². The maximum Gasteiger partial charge on any atom is 0.323 e. The molecule has 70 valence electrons. The molecule has 2 atom stereocenters. The minimum atomic E-state index is -0.921. The average Bonchev–Trinajstić information content (AvgIpc) is 2.35. The zero-order valence-electron chi connectivity index (χ0n) is 7.55. The summed E-state index contributed by atoms with van der Waals surface area (Å²) in [6, 6.07) is 0. The molecule has 1 aliphatic rings. The van der Waals surface area contributed by atoms with Crippen LogP contribution >= 0.6 is 0 Å². The number of carboxylic acid groups (broad SMARTS) is 1. The summed E-state index contributed by atoms with van der Waals surface area (Å²) in [6.45, 7) is 2.07. The van der Waals surface area contributed by atoms with Crippen molar-refractivity contribution in [2.75, 3.05) is 0 Å². The van der Waals surface area contributed by atoms with E-state index in [4.69, 9.17) is 10.8 Å². The van der Waals surface area contributed by atoms with Crippen LogP contribution in [0.2, 0.25) is 0 Å². The van der Waals surface area contributed by atoms with Gasteiger partial charge in [-0.15, -0.1) is 0 Å². The fourth-order valence-corrected chi connectivity index (χ4v) is 2.13. The predicted molar refractivity (Wildman–Crippen MR) is 46.8 cm³/mol. The van der Waals surface area contributed by atoms with Gasteiger partial charge in [-0.25, -0.2) is 0 Å². The molecule has 1 fully saturated rings. The highest BCUT2D eigenvalue weighted by molar-refractivity contribution is 5.79. The third kappa shape index (κ3) is 1.46. The van der Waals surface area contributed by atoms with Gasteiger partial charge in [-0.05, 0) is 25.2 Å². The van der Waals surface area contributed by atoms with E-state index in [1.165, 1.54) is 0 Å². The Hall–Kier alpha value is -0.570. The molecule has 12 heavy (non-hydrogen) atoms. The highest BCUT2D eigenvalue weighted by atomic mass is 16.4. The number of carboxylic acids is 1. The zero-order valence-corrected chi connectivity index (χ0v) is 7.55. The molecule has 0 heterocycles. The molecule has 1 aliphatic carbocycles.